The molecule has 1 heterocycles. The fraction of sp³-hybridized carbons (Fsp3) is 1.00. The first-order chi connectivity index (χ1) is 6.91. The predicted octanol–water partition coefficient (Wildman–Crippen LogP) is -0.909. The number of nitrogens with zero attached hydrogens (tertiary/aromatic N) is 4. The summed E-state index contributed by atoms with van der Waals surface area (Å²) < 4.78 is 12.2. The van der Waals surface area contributed by atoms with Gasteiger partial charge in [-0.3, -0.25) is 0 Å². The summed E-state index contributed by atoms with van der Waals surface area (Å²) in [6.07, 6.45) is 0. The summed E-state index contributed by atoms with van der Waals surface area (Å²) in [6.45, 7) is 2.55. The third-order valence-electron chi connectivity index (χ3n) is 3.28. The highest BCUT2D eigenvalue weighted by atomic mass is 16.4. The lowest BCUT2D eigenvalue weighted by Crippen LogP contribution is -2.77. The van der Waals surface area contributed by atoms with E-state index >= 15 is 0 Å². The van der Waals surface area contributed by atoms with Crippen LogP contribution < -0.4 is 0 Å². The molecule has 0 aromatic rings. The molecule has 0 amide bonds. The monoisotopic (exact) mass is 210 g/mol. The van der Waals surface area contributed by atoms with Crippen LogP contribution in [0.2, 0.25) is 6.82 Å². The molecule has 0 N–H and O–H groups in total. The predicted molar refractivity (Wildman–Crippen MR) is 67.1 cm³/mol. The van der Waals surface area contributed by atoms with E-state index in [0.29, 0.717) is 6.98 Å². The molecule has 1 aliphatic heterocycles. The van der Waals surface area contributed by atoms with Crippen molar-refractivity contribution in [3.8, 4) is 0 Å². The molecule has 1 saturated heterocycles. The van der Waals surface area contributed by atoms with E-state index in [1.165, 1.54) is 0 Å². The topological polar surface area (TPSA) is 22.2 Å². The summed E-state index contributed by atoms with van der Waals surface area (Å²) in [5.74, 6) is 0. The maximum Gasteiger partial charge on any atom is 0.458 e. The summed E-state index contributed by atoms with van der Waals surface area (Å²) in [7, 11) is 12.5. The Morgan fingerprint density at radius 1 is 1.00 bits per heavy atom. The van der Waals surface area contributed by atoms with Crippen LogP contribution in [0.1, 0.15) is 0 Å². The summed E-state index contributed by atoms with van der Waals surface area (Å²) in [6, 6.07) is 0. The molecule has 1 rings (SSSR count). The van der Waals surface area contributed by atoms with Gasteiger partial charge in [-0.25, -0.2) is 0 Å². The van der Waals surface area contributed by atoms with Crippen molar-refractivity contribution in [3.05, 3.63) is 0 Å². The molecule has 1 fully saturated rings. The maximum absolute atomic E-state index is 5.51. The van der Waals surface area contributed by atoms with E-state index in [0.717, 1.165) is 0 Å². The van der Waals surface area contributed by atoms with Crippen molar-refractivity contribution in [2.45, 2.75) is 6.82 Å². The second kappa shape index (κ2) is 4.89. The minimum atomic E-state index is 0.0311. The molecule has 0 spiro atoms. The van der Waals surface area contributed by atoms with Gasteiger partial charge in [0.1, 0.15) is 0 Å². The van der Waals surface area contributed by atoms with Crippen molar-refractivity contribution >= 4 is 21.3 Å². The van der Waals surface area contributed by atoms with Gasteiger partial charge in [-0.15, -0.1) is 0 Å². The summed E-state index contributed by atoms with van der Waals surface area (Å²) in [5.41, 5.74) is 0. The van der Waals surface area contributed by atoms with Gasteiger partial charge in [-0.1, -0.05) is 6.82 Å². The Hall–Kier alpha value is -0.00519. The Morgan fingerprint density at radius 3 is 1.93 bits per heavy atom. The van der Waals surface area contributed by atoms with Crippen molar-refractivity contribution < 1.29 is 4.65 Å². The Bertz CT molecular complexity index is 220. The zero-order valence-electron chi connectivity index (χ0n) is 10.9. The van der Waals surface area contributed by atoms with Crippen LogP contribution in [0.5, 0.6) is 0 Å². The van der Waals surface area contributed by atoms with Crippen molar-refractivity contribution in [1.82, 2.24) is 19.0 Å². The molecule has 15 heavy (non-hydrogen) atoms. The highest BCUT2D eigenvalue weighted by molar-refractivity contribution is 6.82. The zero-order chi connectivity index (χ0) is 11.7. The number of hydrogen-bond donors (Lipinski definition) is 0. The van der Waals surface area contributed by atoms with Crippen LogP contribution in [-0.4, -0.2) is 82.6 Å². The first kappa shape index (κ1) is 13.1. The van der Waals surface area contributed by atoms with E-state index in [4.69, 9.17) is 4.65 Å². The summed E-state index contributed by atoms with van der Waals surface area (Å²) >= 11 is 0. The highest BCUT2D eigenvalue weighted by Crippen LogP contribution is 2.16. The van der Waals surface area contributed by atoms with Gasteiger partial charge in [0.15, 0.2) is 0 Å². The van der Waals surface area contributed by atoms with Crippen LogP contribution >= 0.6 is 0 Å². The largest absolute Gasteiger partial charge is 0.458 e. The van der Waals surface area contributed by atoms with Crippen LogP contribution in [0.25, 0.3) is 0 Å². The molecule has 0 bridgehead atoms. The fourth-order valence-corrected chi connectivity index (χ4v) is 2.41. The quantitative estimate of drug-likeness (QED) is 0.548. The average molecular weight is 210 g/mol. The molecular formula is C7H21B3N4O. The molecule has 0 aliphatic carbocycles. The minimum absolute atomic E-state index is 0.0311. The lowest BCUT2D eigenvalue weighted by molar-refractivity contribution is 0.313. The fourth-order valence-electron chi connectivity index (χ4n) is 2.41. The lowest BCUT2D eigenvalue weighted by Gasteiger charge is -2.49. The normalized spacial score (nSPS) is 22.0. The summed E-state index contributed by atoms with van der Waals surface area (Å²) in [4.78, 5) is 2.19. The van der Waals surface area contributed by atoms with E-state index in [2.05, 4.69) is 61.0 Å². The van der Waals surface area contributed by atoms with Gasteiger partial charge in [-0.2, -0.15) is 0 Å². The Balaban J connectivity index is 2.90. The third kappa shape index (κ3) is 2.24. The molecule has 0 aromatic carbocycles. The van der Waals surface area contributed by atoms with Gasteiger partial charge in [0.25, 0.3) is 6.98 Å². The standard InChI is InChI=1S/C7H21B3N4O/c1-8-12(4)9(11(2)3)14(6)10(15-7)13(8)5/h1-7H3. The Kier molecular flexibility index (Phi) is 4.25. The summed E-state index contributed by atoms with van der Waals surface area (Å²) in [5, 5.41) is 0. The first-order valence-corrected chi connectivity index (χ1v) is 5.26. The minimum Gasteiger partial charge on any atom is -0.412 e. The van der Waals surface area contributed by atoms with Gasteiger partial charge in [-0.05, 0) is 35.2 Å². The highest BCUT2D eigenvalue weighted by Gasteiger charge is 2.48. The molecule has 1 aliphatic rings. The third-order valence-corrected chi connectivity index (χ3v) is 3.28. The number of hydrogen-bond acceptors (Lipinski definition) is 5. The van der Waals surface area contributed by atoms with Gasteiger partial charge in [0.05, 0.1) is 0 Å². The SMILES string of the molecule is COB1N(C)B(C)N(C)B(N(C)C)N1C. The first-order valence-electron chi connectivity index (χ1n) is 5.26. The molecule has 0 radical (unpaired) electrons. The van der Waals surface area contributed by atoms with Crippen LogP contribution in [0.4, 0.5) is 0 Å². The van der Waals surface area contributed by atoms with Gasteiger partial charge in [0.2, 0.25) is 0 Å². The molecule has 5 nitrogen and oxygen atoms in total. The molecule has 0 atom stereocenters. The Labute approximate surface area is 94.7 Å². The van der Waals surface area contributed by atoms with E-state index in [1.807, 2.05) is 0 Å². The van der Waals surface area contributed by atoms with Crippen LogP contribution in [0, 0.1) is 0 Å². The average Bonchev–Trinajstić information content (AvgIpc) is 2.15. The zero-order valence-corrected chi connectivity index (χ0v) is 10.9. The van der Waals surface area contributed by atoms with Crippen molar-refractivity contribution in [3.63, 3.8) is 0 Å². The van der Waals surface area contributed by atoms with E-state index in [9.17, 15) is 0 Å². The second-order valence-electron chi connectivity index (χ2n) is 4.50. The van der Waals surface area contributed by atoms with E-state index < -0.39 is 0 Å². The van der Waals surface area contributed by atoms with Gasteiger partial charge in [0, 0.05) is 7.11 Å². The van der Waals surface area contributed by atoms with Gasteiger partial charge >= 0.3 is 14.3 Å². The second-order valence-corrected chi connectivity index (χ2v) is 4.50. The van der Waals surface area contributed by atoms with Crippen molar-refractivity contribution in [2.75, 3.05) is 42.3 Å². The van der Waals surface area contributed by atoms with Crippen LogP contribution in [0.15, 0.2) is 0 Å². The smallest absolute Gasteiger partial charge is 0.412 e. The maximum atomic E-state index is 5.51. The van der Waals surface area contributed by atoms with Crippen molar-refractivity contribution in [2.24, 2.45) is 0 Å². The van der Waals surface area contributed by atoms with Crippen LogP contribution in [0.3, 0.4) is 0 Å². The van der Waals surface area contributed by atoms with E-state index in [-0.39, 0.29) is 14.3 Å². The molecule has 0 saturated carbocycles. The van der Waals surface area contributed by atoms with E-state index in [1.54, 1.807) is 7.11 Å². The number of rotatable bonds is 2. The molecule has 8 heteroatoms. The van der Waals surface area contributed by atoms with Crippen LogP contribution in [-0.2, 0) is 4.65 Å². The molecule has 0 aromatic heterocycles. The van der Waals surface area contributed by atoms with Crippen molar-refractivity contribution in [1.29, 1.82) is 0 Å². The Morgan fingerprint density at radius 2 is 1.53 bits per heavy atom. The lowest BCUT2D eigenvalue weighted by atomic mass is 9.54. The molecular weight excluding hydrogens is 189 g/mol. The molecule has 0 unspecified atom stereocenters. The van der Waals surface area contributed by atoms with Gasteiger partial charge < -0.3 is 23.6 Å². The molecule has 84 valence electrons.